The van der Waals surface area contributed by atoms with E-state index in [0.717, 1.165) is 4.90 Å². The molecule has 4 unspecified atom stereocenters. The maximum atomic E-state index is 13.1. The highest BCUT2D eigenvalue weighted by Crippen LogP contribution is 2.19. The first-order valence-corrected chi connectivity index (χ1v) is 10.3. The number of rotatable bonds is 12. The van der Waals surface area contributed by atoms with Gasteiger partial charge in [0.15, 0.2) is 0 Å². The van der Waals surface area contributed by atoms with Gasteiger partial charge in [-0.3, -0.25) is 24.0 Å². The minimum Gasteiger partial charge on any atom is -0.481 e. The number of carboxylic acid groups (broad SMARTS) is 3. The molecule has 1 aromatic rings. The average molecular weight is 482 g/mol. The molecule has 1 aliphatic rings. The van der Waals surface area contributed by atoms with Gasteiger partial charge in [0.05, 0.1) is 25.2 Å². The molecule has 1 aliphatic heterocycles. The maximum absolute atomic E-state index is 13.1. The summed E-state index contributed by atoms with van der Waals surface area (Å²) < 4.78 is 0. The smallest absolute Gasteiger partial charge is 0.326 e. The fraction of sp³-hybridized carbons (Fsp3) is 0.526. The molecule has 3 amide bonds. The van der Waals surface area contributed by atoms with E-state index in [0.29, 0.717) is 12.1 Å². The summed E-state index contributed by atoms with van der Waals surface area (Å²) in [6, 6.07) is -5.58. The molecule has 0 spiro atoms. The molecule has 15 heteroatoms. The van der Waals surface area contributed by atoms with Crippen LogP contribution in [0, 0.1) is 0 Å². The third-order valence-corrected chi connectivity index (χ3v) is 5.16. The van der Waals surface area contributed by atoms with E-state index >= 15 is 0 Å². The molecule has 0 aromatic carbocycles. The predicted octanol–water partition coefficient (Wildman–Crippen LogP) is -2.73. The van der Waals surface area contributed by atoms with Crippen LogP contribution < -0.4 is 16.4 Å². The molecule has 8 N–H and O–H groups in total. The fourth-order valence-corrected chi connectivity index (χ4v) is 3.52. The standard InChI is InChI=1S/C19H26N6O9/c20-10(5-14(26)27)16(30)23-11(6-15(28)29)17(31)24-12(4-9-7-21-8-22-9)18(32)25-3-1-2-13(25)19(33)34/h7-8,10-13H,1-6,20H2,(H,21,22)(H,23,30)(H,24,31)(H,26,27)(H,28,29)(H,33,34). The number of imidazole rings is 1. The monoisotopic (exact) mass is 482 g/mol. The summed E-state index contributed by atoms with van der Waals surface area (Å²) in [5.74, 6) is -6.82. The summed E-state index contributed by atoms with van der Waals surface area (Å²) in [6.07, 6.45) is 1.69. The lowest BCUT2D eigenvalue weighted by Gasteiger charge is -2.28. The van der Waals surface area contributed by atoms with E-state index < -0.39 is 72.6 Å². The number of aliphatic carboxylic acids is 3. The van der Waals surface area contributed by atoms with Crippen molar-refractivity contribution in [3.05, 3.63) is 18.2 Å². The second-order valence-electron chi connectivity index (χ2n) is 7.73. The minimum absolute atomic E-state index is 0.111. The Morgan fingerprint density at radius 2 is 1.71 bits per heavy atom. The first-order chi connectivity index (χ1) is 16.0. The second-order valence-corrected chi connectivity index (χ2v) is 7.73. The zero-order valence-electron chi connectivity index (χ0n) is 18.0. The van der Waals surface area contributed by atoms with E-state index in [9.17, 15) is 33.9 Å². The number of H-pyrrole nitrogens is 1. The lowest BCUT2D eigenvalue weighted by Crippen LogP contribution is -2.58. The number of nitrogens with one attached hydrogen (secondary N) is 3. The van der Waals surface area contributed by atoms with Crippen LogP contribution in [0.15, 0.2) is 12.5 Å². The van der Waals surface area contributed by atoms with E-state index in [2.05, 4.69) is 20.6 Å². The highest BCUT2D eigenvalue weighted by atomic mass is 16.4. The molecule has 186 valence electrons. The molecule has 2 rings (SSSR count). The third kappa shape index (κ3) is 7.26. The van der Waals surface area contributed by atoms with E-state index in [1.54, 1.807) is 0 Å². The number of likely N-dealkylation sites (tertiary alicyclic amines) is 1. The van der Waals surface area contributed by atoms with Crippen LogP contribution >= 0.6 is 0 Å². The Morgan fingerprint density at radius 1 is 1.06 bits per heavy atom. The van der Waals surface area contributed by atoms with Gasteiger partial charge in [-0.1, -0.05) is 0 Å². The topological polar surface area (TPSA) is 245 Å². The minimum atomic E-state index is -1.67. The molecule has 1 saturated heterocycles. The first-order valence-electron chi connectivity index (χ1n) is 10.3. The summed E-state index contributed by atoms with van der Waals surface area (Å²) in [7, 11) is 0. The zero-order valence-corrected chi connectivity index (χ0v) is 18.0. The van der Waals surface area contributed by atoms with E-state index in [1.807, 2.05) is 0 Å². The predicted molar refractivity (Wildman–Crippen MR) is 111 cm³/mol. The fourth-order valence-electron chi connectivity index (χ4n) is 3.52. The van der Waals surface area contributed by atoms with Crippen molar-refractivity contribution in [2.24, 2.45) is 5.73 Å². The Morgan fingerprint density at radius 3 is 2.26 bits per heavy atom. The van der Waals surface area contributed by atoms with Crippen LogP contribution in [0.4, 0.5) is 0 Å². The molecule has 1 fully saturated rings. The van der Waals surface area contributed by atoms with Gasteiger partial charge in [-0.25, -0.2) is 9.78 Å². The lowest BCUT2D eigenvalue weighted by molar-refractivity contribution is -0.149. The van der Waals surface area contributed by atoms with Gasteiger partial charge in [-0.2, -0.15) is 0 Å². The molecule has 34 heavy (non-hydrogen) atoms. The van der Waals surface area contributed by atoms with Crippen LogP contribution in [0.5, 0.6) is 0 Å². The van der Waals surface area contributed by atoms with Gasteiger partial charge in [0, 0.05) is 24.9 Å². The van der Waals surface area contributed by atoms with Gasteiger partial charge in [0.25, 0.3) is 0 Å². The second kappa shape index (κ2) is 11.7. The molecule has 0 radical (unpaired) electrons. The van der Waals surface area contributed by atoms with Gasteiger partial charge >= 0.3 is 17.9 Å². The Bertz CT molecular complexity index is 935. The number of hydrogen-bond acceptors (Lipinski definition) is 8. The quantitative estimate of drug-likeness (QED) is 0.161. The molecule has 4 atom stereocenters. The summed E-state index contributed by atoms with van der Waals surface area (Å²) in [5, 5.41) is 31.8. The number of nitrogens with two attached hydrogens (primary N) is 1. The third-order valence-electron chi connectivity index (χ3n) is 5.16. The number of carbonyl (C=O) groups excluding carboxylic acids is 3. The highest BCUT2D eigenvalue weighted by molar-refractivity contribution is 5.96. The number of nitrogens with zero attached hydrogens (tertiary/aromatic N) is 2. The van der Waals surface area contributed by atoms with Crippen molar-refractivity contribution in [2.45, 2.75) is 56.3 Å². The molecular weight excluding hydrogens is 456 g/mol. The lowest BCUT2D eigenvalue weighted by atomic mass is 10.1. The summed E-state index contributed by atoms with van der Waals surface area (Å²) in [5.41, 5.74) is 5.90. The Balaban J connectivity index is 2.22. The molecular formula is C19H26N6O9. The van der Waals surface area contributed by atoms with Gasteiger partial charge in [-0.15, -0.1) is 0 Å². The average Bonchev–Trinajstić information content (AvgIpc) is 3.43. The summed E-state index contributed by atoms with van der Waals surface area (Å²) in [4.78, 5) is 79.4. The Hall–Kier alpha value is -4.01. The first kappa shape index (κ1) is 26.2. The van der Waals surface area contributed by atoms with E-state index in [1.165, 1.54) is 12.5 Å². The van der Waals surface area contributed by atoms with Crippen LogP contribution in [0.3, 0.4) is 0 Å². The molecule has 2 heterocycles. The summed E-state index contributed by atoms with van der Waals surface area (Å²) in [6.45, 7) is 0.157. The van der Waals surface area contributed by atoms with Crippen LogP contribution in [-0.2, 0) is 35.2 Å². The van der Waals surface area contributed by atoms with E-state index in [-0.39, 0.29) is 19.4 Å². The van der Waals surface area contributed by atoms with Crippen molar-refractivity contribution >= 4 is 35.6 Å². The number of carboxylic acids is 3. The van der Waals surface area contributed by atoms with Crippen LogP contribution in [0.2, 0.25) is 0 Å². The van der Waals surface area contributed by atoms with Crippen LogP contribution in [0.1, 0.15) is 31.4 Å². The number of aromatic nitrogens is 2. The molecule has 0 saturated carbocycles. The van der Waals surface area contributed by atoms with Gasteiger partial charge < -0.3 is 41.6 Å². The molecule has 0 bridgehead atoms. The van der Waals surface area contributed by atoms with Gasteiger partial charge in [0.1, 0.15) is 18.1 Å². The maximum Gasteiger partial charge on any atom is 0.326 e. The van der Waals surface area contributed by atoms with Crippen LogP contribution in [0.25, 0.3) is 0 Å². The normalized spacial score (nSPS) is 17.9. The zero-order chi connectivity index (χ0) is 25.4. The van der Waals surface area contributed by atoms with Crippen molar-refractivity contribution in [2.75, 3.05) is 6.54 Å². The van der Waals surface area contributed by atoms with Crippen molar-refractivity contribution in [3.63, 3.8) is 0 Å². The molecule has 0 aliphatic carbocycles. The SMILES string of the molecule is NC(CC(=O)O)C(=O)NC(CC(=O)O)C(=O)NC(Cc1cnc[nH]1)C(=O)N1CCCC1C(=O)O. The van der Waals surface area contributed by atoms with Gasteiger partial charge in [0.2, 0.25) is 17.7 Å². The largest absolute Gasteiger partial charge is 0.481 e. The number of hydrogen-bond donors (Lipinski definition) is 7. The van der Waals surface area contributed by atoms with E-state index in [4.69, 9.17) is 15.9 Å². The number of amides is 3. The van der Waals surface area contributed by atoms with Crippen LogP contribution in [-0.4, -0.2) is 96.5 Å². The molecule has 1 aromatic heterocycles. The van der Waals surface area contributed by atoms with Crippen molar-refractivity contribution < 1.29 is 44.1 Å². The Kier molecular flexibility index (Phi) is 9.06. The highest BCUT2D eigenvalue weighted by Gasteiger charge is 2.39. The Labute approximate surface area is 192 Å². The van der Waals surface area contributed by atoms with Crippen molar-refractivity contribution in [1.29, 1.82) is 0 Å². The van der Waals surface area contributed by atoms with Crippen molar-refractivity contribution in [3.8, 4) is 0 Å². The summed E-state index contributed by atoms with van der Waals surface area (Å²) >= 11 is 0. The number of carbonyl (C=O) groups is 6. The van der Waals surface area contributed by atoms with Crippen molar-refractivity contribution in [1.82, 2.24) is 25.5 Å². The molecule has 15 nitrogen and oxygen atoms in total. The van der Waals surface area contributed by atoms with Gasteiger partial charge in [-0.05, 0) is 12.8 Å². The number of aromatic amines is 1.